The molecule has 0 fully saturated rings. The van der Waals surface area contributed by atoms with Crippen molar-refractivity contribution in [3.8, 4) is 0 Å². The number of ether oxygens (including phenoxy) is 3. The Morgan fingerprint density at radius 2 is 1.49 bits per heavy atom. The smallest absolute Gasteiger partial charge is 0.430 e. The summed E-state index contributed by atoms with van der Waals surface area (Å²) in [5, 5.41) is 0.882. The van der Waals surface area contributed by atoms with E-state index in [1.54, 1.807) is 41.5 Å². The van der Waals surface area contributed by atoms with Crippen molar-refractivity contribution in [1.29, 1.82) is 0 Å². The van der Waals surface area contributed by atoms with Crippen molar-refractivity contribution >= 4 is 18.2 Å². The second-order valence-corrected chi connectivity index (χ2v) is 10.7. The SMILES string of the molecule is CCC[C@H](C(=O)O[C@H](c1ccccc1)[C@H](C)N(C)C)N(NC(=O)OC(C)(C)C)C(=O)OC(C)(C)C. The highest BCUT2D eigenvalue weighted by Crippen LogP contribution is 2.26. The third-order valence-corrected chi connectivity index (χ3v) is 4.97. The molecule has 1 aromatic carbocycles. The Bertz CT molecular complexity index is 830. The number of carbonyl (C=O) groups excluding carboxylic acids is 3. The van der Waals surface area contributed by atoms with Crippen LogP contribution in [0.3, 0.4) is 0 Å². The molecule has 1 N–H and O–H groups in total. The van der Waals surface area contributed by atoms with Gasteiger partial charge in [0.1, 0.15) is 17.3 Å². The Labute approximate surface area is 210 Å². The van der Waals surface area contributed by atoms with Crippen molar-refractivity contribution in [3.05, 3.63) is 35.9 Å². The summed E-state index contributed by atoms with van der Waals surface area (Å²) >= 11 is 0. The molecule has 0 spiro atoms. The quantitative estimate of drug-likeness (QED) is 0.307. The first-order valence-corrected chi connectivity index (χ1v) is 12.0. The molecule has 0 saturated heterocycles. The van der Waals surface area contributed by atoms with E-state index in [-0.39, 0.29) is 12.5 Å². The third kappa shape index (κ3) is 10.5. The minimum absolute atomic E-state index is 0.155. The van der Waals surface area contributed by atoms with Crippen LogP contribution >= 0.6 is 0 Å². The zero-order chi connectivity index (χ0) is 27.0. The van der Waals surface area contributed by atoms with Gasteiger partial charge < -0.3 is 19.1 Å². The minimum Gasteiger partial charge on any atom is -0.454 e. The van der Waals surface area contributed by atoms with Crippen LogP contribution in [0.4, 0.5) is 9.59 Å². The third-order valence-electron chi connectivity index (χ3n) is 4.97. The Balaban J connectivity index is 3.33. The fourth-order valence-corrected chi connectivity index (χ4v) is 3.15. The second kappa shape index (κ2) is 12.8. The Hall–Kier alpha value is -2.81. The van der Waals surface area contributed by atoms with E-state index < -0.39 is 41.5 Å². The molecule has 1 rings (SSSR count). The summed E-state index contributed by atoms with van der Waals surface area (Å²) < 4.78 is 16.8. The molecule has 0 bridgehead atoms. The standard InChI is InChI=1S/C26H43N3O6/c1-11-15-20(22(30)33-21(18(2)28(9)10)19-16-13-12-14-17-19)29(24(32)35-26(6,7)8)27-23(31)34-25(3,4)5/h12-14,16-18,20-21H,11,15H2,1-10H3,(H,27,31)/t18-,20+,21-/m0/s1. The van der Waals surface area contributed by atoms with Gasteiger partial charge in [-0.2, -0.15) is 0 Å². The normalized spacial score (nSPS) is 14.5. The summed E-state index contributed by atoms with van der Waals surface area (Å²) in [6.07, 6.45) is -1.56. The van der Waals surface area contributed by atoms with E-state index in [4.69, 9.17) is 14.2 Å². The van der Waals surface area contributed by atoms with Crippen LogP contribution in [0.25, 0.3) is 0 Å². The second-order valence-electron chi connectivity index (χ2n) is 10.7. The highest BCUT2D eigenvalue weighted by atomic mass is 16.6. The Morgan fingerprint density at radius 3 is 1.94 bits per heavy atom. The summed E-state index contributed by atoms with van der Waals surface area (Å²) in [5.74, 6) is -0.656. The van der Waals surface area contributed by atoms with Crippen molar-refractivity contribution < 1.29 is 28.6 Å². The molecule has 9 heteroatoms. The number of hydrazine groups is 1. The average Bonchev–Trinajstić information content (AvgIpc) is 2.71. The molecule has 0 aliphatic heterocycles. The van der Waals surface area contributed by atoms with Crippen molar-refractivity contribution in [1.82, 2.24) is 15.3 Å². The topological polar surface area (TPSA) is 97.4 Å². The fourth-order valence-electron chi connectivity index (χ4n) is 3.15. The fraction of sp³-hybridized carbons (Fsp3) is 0.654. The number of likely N-dealkylation sites (N-methyl/N-ethyl adjacent to an activating group) is 1. The first kappa shape index (κ1) is 30.2. The minimum atomic E-state index is -1.12. The lowest BCUT2D eigenvalue weighted by Gasteiger charge is -2.35. The molecule has 9 nitrogen and oxygen atoms in total. The summed E-state index contributed by atoms with van der Waals surface area (Å²) in [6, 6.07) is 8.13. The van der Waals surface area contributed by atoms with Gasteiger partial charge in [-0.25, -0.2) is 24.8 Å². The van der Waals surface area contributed by atoms with Gasteiger partial charge in [-0.1, -0.05) is 43.7 Å². The number of carbonyl (C=O) groups is 3. The van der Waals surface area contributed by atoms with Gasteiger partial charge in [0.15, 0.2) is 6.04 Å². The first-order valence-electron chi connectivity index (χ1n) is 12.0. The number of rotatable bonds is 8. The molecule has 0 aliphatic rings. The number of amides is 2. The van der Waals surface area contributed by atoms with E-state index in [0.717, 1.165) is 10.6 Å². The molecular formula is C26H43N3O6. The Kier molecular flexibility index (Phi) is 11.0. The molecule has 198 valence electrons. The summed E-state index contributed by atoms with van der Waals surface area (Å²) in [6.45, 7) is 14.0. The van der Waals surface area contributed by atoms with E-state index >= 15 is 0 Å². The van der Waals surface area contributed by atoms with Gasteiger partial charge in [-0.05, 0) is 74.5 Å². The highest BCUT2D eigenvalue weighted by molar-refractivity contribution is 5.83. The van der Waals surface area contributed by atoms with Gasteiger partial charge in [0.05, 0.1) is 0 Å². The molecule has 0 unspecified atom stereocenters. The van der Waals surface area contributed by atoms with Crippen LogP contribution in [-0.4, -0.2) is 65.4 Å². The monoisotopic (exact) mass is 493 g/mol. The van der Waals surface area contributed by atoms with Gasteiger partial charge >= 0.3 is 18.2 Å². The van der Waals surface area contributed by atoms with Gasteiger partial charge in [0, 0.05) is 6.04 Å². The van der Waals surface area contributed by atoms with E-state index in [9.17, 15) is 14.4 Å². The lowest BCUT2D eigenvalue weighted by Crippen LogP contribution is -2.57. The van der Waals surface area contributed by atoms with Crippen LogP contribution in [0.1, 0.15) is 79.9 Å². The molecule has 0 saturated carbocycles. The molecule has 0 aliphatic carbocycles. The zero-order valence-corrected chi connectivity index (χ0v) is 22.9. The zero-order valence-electron chi connectivity index (χ0n) is 22.9. The van der Waals surface area contributed by atoms with Gasteiger partial charge in [0.25, 0.3) is 0 Å². The number of nitrogens with zero attached hydrogens (tertiary/aromatic N) is 2. The largest absolute Gasteiger partial charge is 0.454 e. The predicted octanol–water partition coefficient (Wildman–Crippen LogP) is 5.07. The molecule has 2 amide bonds. The van der Waals surface area contributed by atoms with Gasteiger partial charge in [0.2, 0.25) is 0 Å². The Morgan fingerprint density at radius 1 is 0.943 bits per heavy atom. The van der Waals surface area contributed by atoms with E-state index in [0.29, 0.717) is 6.42 Å². The van der Waals surface area contributed by atoms with E-state index in [2.05, 4.69) is 5.43 Å². The average molecular weight is 494 g/mol. The molecule has 0 radical (unpaired) electrons. The maximum atomic E-state index is 13.5. The highest BCUT2D eigenvalue weighted by Gasteiger charge is 2.38. The van der Waals surface area contributed by atoms with Crippen molar-refractivity contribution in [2.45, 2.75) is 97.6 Å². The number of nitrogens with one attached hydrogen (secondary N) is 1. The van der Waals surface area contributed by atoms with Gasteiger partial charge in [-0.3, -0.25) is 0 Å². The number of hydrogen-bond acceptors (Lipinski definition) is 7. The molecule has 35 heavy (non-hydrogen) atoms. The van der Waals surface area contributed by atoms with Crippen LogP contribution < -0.4 is 5.43 Å². The van der Waals surface area contributed by atoms with Crippen molar-refractivity contribution in [2.75, 3.05) is 14.1 Å². The number of hydrogen-bond donors (Lipinski definition) is 1. The van der Waals surface area contributed by atoms with Crippen molar-refractivity contribution in [2.24, 2.45) is 0 Å². The van der Waals surface area contributed by atoms with Crippen LogP contribution in [-0.2, 0) is 19.0 Å². The van der Waals surface area contributed by atoms with Gasteiger partial charge in [-0.15, -0.1) is 0 Å². The maximum absolute atomic E-state index is 13.5. The van der Waals surface area contributed by atoms with Crippen LogP contribution in [0.5, 0.6) is 0 Å². The van der Waals surface area contributed by atoms with E-state index in [1.807, 2.05) is 63.2 Å². The first-order chi connectivity index (χ1) is 16.1. The summed E-state index contributed by atoms with van der Waals surface area (Å²) in [7, 11) is 3.80. The van der Waals surface area contributed by atoms with E-state index in [1.165, 1.54) is 0 Å². The number of benzene rings is 1. The molecule has 3 atom stereocenters. The molecule has 0 aromatic heterocycles. The van der Waals surface area contributed by atoms with Crippen molar-refractivity contribution in [3.63, 3.8) is 0 Å². The van der Waals surface area contributed by atoms with Crippen LogP contribution in [0.2, 0.25) is 0 Å². The van der Waals surface area contributed by atoms with Crippen LogP contribution in [0, 0.1) is 0 Å². The lowest BCUT2D eigenvalue weighted by molar-refractivity contribution is -0.160. The lowest BCUT2D eigenvalue weighted by atomic mass is 10.0. The summed E-state index contributed by atoms with van der Waals surface area (Å²) in [4.78, 5) is 41.2. The molecule has 1 aromatic rings. The summed E-state index contributed by atoms with van der Waals surface area (Å²) in [5.41, 5.74) is 1.58. The van der Waals surface area contributed by atoms with Crippen LogP contribution in [0.15, 0.2) is 30.3 Å². The maximum Gasteiger partial charge on any atom is 0.430 e. The molecular weight excluding hydrogens is 450 g/mol. The predicted molar refractivity (Wildman–Crippen MR) is 135 cm³/mol. The molecule has 0 heterocycles. The number of esters is 1.